The number of aromatic nitrogens is 1. The van der Waals surface area contributed by atoms with Gasteiger partial charge in [-0.1, -0.05) is 30.3 Å². The summed E-state index contributed by atoms with van der Waals surface area (Å²) in [6.07, 6.45) is 1.70. The molecule has 1 aromatic carbocycles. The van der Waals surface area contributed by atoms with Gasteiger partial charge in [0.05, 0.1) is 7.11 Å². The van der Waals surface area contributed by atoms with Gasteiger partial charge in [0.2, 0.25) is 5.88 Å². The van der Waals surface area contributed by atoms with E-state index in [1.807, 2.05) is 30.3 Å². The average Bonchev–Trinajstić information content (AvgIpc) is 2.39. The summed E-state index contributed by atoms with van der Waals surface area (Å²) in [6, 6.07) is 13.7. The van der Waals surface area contributed by atoms with E-state index in [1.54, 1.807) is 12.3 Å². The number of benzene rings is 1. The maximum Gasteiger partial charge on any atom is 0.231 e. The van der Waals surface area contributed by atoms with Crippen molar-refractivity contribution in [1.29, 1.82) is 5.26 Å². The van der Waals surface area contributed by atoms with E-state index in [2.05, 4.69) is 11.1 Å². The number of hydrogen-bond acceptors (Lipinski definition) is 3. The molecule has 16 heavy (non-hydrogen) atoms. The molecule has 0 unspecified atom stereocenters. The molecule has 3 heteroatoms. The zero-order chi connectivity index (χ0) is 11.4. The molecule has 0 saturated heterocycles. The predicted octanol–water partition coefficient (Wildman–Crippen LogP) is 2.63. The third-order valence-corrected chi connectivity index (χ3v) is 2.27. The highest BCUT2D eigenvalue weighted by Gasteiger charge is 2.06. The monoisotopic (exact) mass is 210 g/mol. The van der Waals surface area contributed by atoms with Gasteiger partial charge in [-0.15, -0.1) is 0 Å². The van der Waals surface area contributed by atoms with Crippen LogP contribution in [0.1, 0.15) is 5.56 Å². The summed E-state index contributed by atoms with van der Waals surface area (Å²) in [4.78, 5) is 4.10. The second-order valence-corrected chi connectivity index (χ2v) is 3.26. The maximum absolute atomic E-state index is 8.95. The zero-order valence-electron chi connectivity index (χ0n) is 8.84. The van der Waals surface area contributed by atoms with Crippen molar-refractivity contribution in [3.05, 3.63) is 48.2 Å². The second kappa shape index (κ2) is 4.45. The molecule has 3 nitrogen and oxygen atoms in total. The van der Waals surface area contributed by atoms with Crippen LogP contribution in [0.5, 0.6) is 5.88 Å². The van der Waals surface area contributed by atoms with Gasteiger partial charge in [-0.2, -0.15) is 5.26 Å². The summed E-state index contributed by atoms with van der Waals surface area (Å²) in [6.45, 7) is 0. The highest BCUT2D eigenvalue weighted by Crippen LogP contribution is 2.23. The van der Waals surface area contributed by atoms with Crippen molar-refractivity contribution < 1.29 is 4.74 Å². The molecule has 0 fully saturated rings. The van der Waals surface area contributed by atoms with Crippen molar-refractivity contribution in [3.8, 4) is 23.1 Å². The lowest BCUT2D eigenvalue weighted by Gasteiger charge is -2.04. The minimum Gasteiger partial charge on any atom is -0.480 e. The molecule has 0 aliphatic heterocycles. The first-order chi connectivity index (χ1) is 7.85. The summed E-state index contributed by atoms with van der Waals surface area (Å²) < 4.78 is 4.99. The summed E-state index contributed by atoms with van der Waals surface area (Å²) in [5.74, 6) is 0.363. The highest BCUT2D eigenvalue weighted by molar-refractivity contribution is 5.65. The first kappa shape index (κ1) is 10.2. The van der Waals surface area contributed by atoms with E-state index in [9.17, 15) is 0 Å². The SMILES string of the molecule is COc1ncc(-c2ccccc2)cc1C#N. The minimum absolute atomic E-state index is 0.363. The average molecular weight is 210 g/mol. The summed E-state index contributed by atoms with van der Waals surface area (Å²) in [5.41, 5.74) is 2.40. The smallest absolute Gasteiger partial charge is 0.231 e. The molecule has 0 amide bonds. The van der Waals surface area contributed by atoms with Crippen LogP contribution < -0.4 is 4.74 Å². The van der Waals surface area contributed by atoms with Gasteiger partial charge in [-0.3, -0.25) is 0 Å². The summed E-state index contributed by atoms with van der Waals surface area (Å²) >= 11 is 0. The molecule has 1 aromatic heterocycles. The topological polar surface area (TPSA) is 45.9 Å². The number of ether oxygens (including phenoxy) is 1. The van der Waals surface area contributed by atoms with Gasteiger partial charge >= 0.3 is 0 Å². The molecular formula is C13H10N2O. The standard InChI is InChI=1S/C13H10N2O/c1-16-13-11(8-14)7-12(9-15-13)10-5-3-2-4-6-10/h2-7,9H,1H3. The molecule has 2 rings (SSSR count). The number of hydrogen-bond donors (Lipinski definition) is 0. The Balaban J connectivity index is 2.49. The fourth-order valence-corrected chi connectivity index (χ4v) is 1.48. The molecule has 0 saturated carbocycles. The van der Waals surface area contributed by atoms with Crippen molar-refractivity contribution in [1.82, 2.24) is 4.98 Å². The lowest BCUT2D eigenvalue weighted by molar-refractivity contribution is 0.396. The fraction of sp³-hybridized carbons (Fsp3) is 0.0769. The number of methoxy groups -OCH3 is 1. The van der Waals surface area contributed by atoms with Crippen molar-refractivity contribution in [2.75, 3.05) is 7.11 Å². The quantitative estimate of drug-likeness (QED) is 0.765. The first-order valence-corrected chi connectivity index (χ1v) is 4.84. The minimum atomic E-state index is 0.363. The van der Waals surface area contributed by atoms with Gasteiger partial charge in [0.15, 0.2) is 0 Å². The predicted molar refractivity (Wildman–Crippen MR) is 60.9 cm³/mol. The van der Waals surface area contributed by atoms with Crippen LogP contribution in [0.3, 0.4) is 0 Å². The molecule has 0 aliphatic carbocycles. The molecular weight excluding hydrogens is 200 g/mol. The Morgan fingerprint density at radius 3 is 2.56 bits per heavy atom. The molecule has 0 radical (unpaired) electrons. The molecule has 0 N–H and O–H groups in total. The van der Waals surface area contributed by atoms with E-state index in [1.165, 1.54) is 7.11 Å². The summed E-state index contributed by atoms with van der Waals surface area (Å²) in [5, 5.41) is 8.95. The largest absolute Gasteiger partial charge is 0.480 e. The van der Waals surface area contributed by atoms with Crippen LogP contribution in [0, 0.1) is 11.3 Å². The van der Waals surface area contributed by atoms with Crippen LogP contribution >= 0.6 is 0 Å². The Hall–Kier alpha value is -2.34. The maximum atomic E-state index is 8.95. The Bertz CT molecular complexity index is 529. The number of nitriles is 1. The van der Waals surface area contributed by atoms with Gasteiger partial charge in [-0.25, -0.2) is 4.98 Å². The van der Waals surface area contributed by atoms with Crippen molar-refractivity contribution in [2.45, 2.75) is 0 Å². The molecule has 0 bridgehead atoms. The third kappa shape index (κ3) is 1.86. The van der Waals surface area contributed by atoms with Crippen LogP contribution in [0.4, 0.5) is 0 Å². The normalized spacial score (nSPS) is 9.50. The van der Waals surface area contributed by atoms with Gasteiger partial charge in [0, 0.05) is 11.8 Å². The van der Waals surface area contributed by atoms with Crippen LogP contribution in [0.25, 0.3) is 11.1 Å². The lowest BCUT2D eigenvalue weighted by atomic mass is 10.1. The Morgan fingerprint density at radius 1 is 1.19 bits per heavy atom. The van der Waals surface area contributed by atoms with E-state index in [-0.39, 0.29) is 0 Å². The zero-order valence-corrected chi connectivity index (χ0v) is 8.84. The molecule has 0 spiro atoms. The second-order valence-electron chi connectivity index (χ2n) is 3.26. The first-order valence-electron chi connectivity index (χ1n) is 4.84. The van der Waals surface area contributed by atoms with Crippen LogP contribution in [-0.2, 0) is 0 Å². The van der Waals surface area contributed by atoms with Crippen molar-refractivity contribution in [3.63, 3.8) is 0 Å². The summed E-state index contributed by atoms with van der Waals surface area (Å²) in [7, 11) is 1.51. The van der Waals surface area contributed by atoms with E-state index in [0.717, 1.165) is 11.1 Å². The number of nitrogens with zero attached hydrogens (tertiary/aromatic N) is 2. The molecule has 1 heterocycles. The Morgan fingerprint density at radius 2 is 1.94 bits per heavy atom. The van der Waals surface area contributed by atoms with Crippen LogP contribution in [0.2, 0.25) is 0 Å². The van der Waals surface area contributed by atoms with E-state index in [0.29, 0.717) is 11.4 Å². The van der Waals surface area contributed by atoms with Gasteiger partial charge < -0.3 is 4.74 Å². The van der Waals surface area contributed by atoms with Crippen LogP contribution in [-0.4, -0.2) is 12.1 Å². The Kier molecular flexibility index (Phi) is 2.84. The Labute approximate surface area is 93.9 Å². The lowest BCUT2D eigenvalue weighted by Crippen LogP contribution is -1.92. The molecule has 0 aliphatic rings. The number of rotatable bonds is 2. The van der Waals surface area contributed by atoms with Crippen molar-refractivity contribution in [2.24, 2.45) is 0 Å². The van der Waals surface area contributed by atoms with Gasteiger partial charge in [-0.05, 0) is 11.6 Å². The fourth-order valence-electron chi connectivity index (χ4n) is 1.48. The molecule has 2 aromatic rings. The van der Waals surface area contributed by atoms with Gasteiger partial charge in [0.1, 0.15) is 11.6 Å². The van der Waals surface area contributed by atoms with E-state index in [4.69, 9.17) is 10.00 Å². The van der Waals surface area contributed by atoms with E-state index < -0.39 is 0 Å². The van der Waals surface area contributed by atoms with Gasteiger partial charge in [0.25, 0.3) is 0 Å². The van der Waals surface area contributed by atoms with Crippen molar-refractivity contribution >= 4 is 0 Å². The molecule has 0 atom stereocenters. The third-order valence-electron chi connectivity index (χ3n) is 2.27. The highest BCUT2D eigenvalue weighted by atomic mass is 16.5. The van der Waals surface area contributed by atoms with Crippen LogP contribution in [0.15, 0.2) is 42.6 Å². The number of pyridine rings is 1. The van der Waals surface area contributed by atoms with E-state index >= 15 is 0 Å². The molecule has 78 valence electrons.